The SMILES string of the molecule is CN(Cc1nncn1C)C(=O)C(C)(C)N1CCOCC1. The van der Waals surface area contributed by atoms with E-state index in [0.717, 1.165) is 18.9 Å². The molecule has 0 saturated carbocycles. The largest absolute Gasteiger partial charge is 0.379 e. The highest BCUT2D eigenvalue weighted by molar-refractivity contribution is 5.85. The summed E-state index contributed by atoms with van der Waals surface area (Å²) in [5.74, 6) is 0.862. The van der Waals surface area contributed by atoms with E-state index in [-0.39, 0.29) is 5.91 Å². The highest BCUT2D eigenvalue weighted by Gasteiger charge is 2.37. The highest BCUT2D eigenvalue weighted by Crippen LogP contribution is 2.19. The standard InChI is InChI=1S/C13H23N5O2/c1-13(2,18-5-7-20-8-6-18)12(19)16(3)9-11-15-14-10-17(11)4/h10H,5-9H2,1-4H3. The van der Waals surface area contributed by atoms with E-state index in [9.17, 15) is 4.79 Å². The van der Waals surface area contributed by atoms with Gasteiger partial charge in [-0.25, -0.2) is 0 Å². The van der Waals surface area contributed by atoms with Crippen LogP contribution in [0.2, 0.25) is 0 Å². The van der Waals surface area contributed by atoms with E-state index in [4.69, 9.17) is 4.74 Å². The van der Waals surface area contributed by atoms with Gasteiger partial charge < -0.3 is 14.2 Å². The quantitative estimate of drug-likeness (QED) is 0.770. The number of carbonyl (C=O) groups is 1. The molecule has 0 unspecified atom stereocenters. The van der Waals surface area contributed by atoms with Crippen molar-refractivity contribution in [3.05, 3.63) is 12.2 Å². The maximum Gasteiger partial charge on any atom is 0.242 e. The van der Waals surface area contributed by atoms with Gasteiger partial charge in [0.1, 0.15) is 6.33 Å². The van der Waals surface area contributed by atoms with Gasteiger partial charge in [-0.05, 0) is 13.8 Å². The minimum atomic E-state index is -0.531. The van der Waals surface area contributed by atoms with Gasteiger partial charge in [0.05, 0.1) is 25.3 Å². The van der Waals surface area contributed by atoms with Gasteiger partial charge in [-0.3, -0.25) is 9.69 Å². The summed E-state index contributed by atoms with van der Waals surface area (Å²) in [6.45, 7) is 7.34. The molecule has 0 aromatic carbocycles. The molecule has 0 bridgehead atoms. The van der Waals surface area contributed by atoms with Gasteiger partial charge >= 0.3 is 0 Å². The Hall–Kier alpha value is -1.47. The molecule has 0 atom stereocenters. The van der Waals surface area contributed by atoms with Crippen LogP contribution >= 0.6 is 0 Å². The predicted molar refractivity (Wildman–Crippen MR) is 73.9 cm³/mol. The third kappa shape index (κ3) is 2.99. The van der Waals surface area contributed by atoms with Gasteiger partial charge in [0.15, 0.2) is 5.82 Å². The molecular weight excluding hydrogens is 258 g/mol. The maximum atomic E-state index is 12.7. The number of nitrogens with zero attached hydrogens (tertiary/aromatic N) is 5. The number of aryl methyl sites for hydroxylation is 1. The Kier molecular flexibility index (Phi) is 4.39. The number of rotatable bonds is 4. The van der Waals surface area contributed by atoms with E-state index in [1.165, 1.54) is 0 Å². The summed E-state index contributed by atoms with van der Waals surface area (Å²) in [6.07, 6.45) is 1.64. The third-order valence-electron chi connectivity index (χ3n) is 3.86. The summed E-state index contributed by atoms with van der Waals surface area (Å²) >= 11 is 0. The monoisotopic (exact) mass is 281 g/mol. The molecular formula is C13H23N5O2. The zero-order chi connectivity index (χ0) is 14.8. The van der Waals surface area contributed by atoms with Crippen molar-refractivity contribution >= 4 is 5.91 Å². The van der Waals surface area contributed by atoms with Gasteiger partial charge in [-0.1, -0.05) is 0 Å². The first kappa shape index (κ1) is 14.9. The Balaban J connectivity index is 2.03. The van der Waals surface area contributed by atoms with Crippen LogP contribution in [0, 0.1) is 0 Å². The summed E-state index contributed by atoms with van der Waals surface area (Å²) < 4.78 is 7.17. The van der Waals surface area contributed by atoms with E-state index < -0.39 is 5.54 Å². The second kappa shape index (κ2) is 5.88. The number of carbonyl (C=O) groups excluding carboxylic acids is 1. The van der Waals surface area contributed by atoms with Crippen molar-refractivity contribution in [2.24, 2.45) is 7.05 Å². The summed E-state index contributed by atoms with van der Waals surface area (Å²) in [5.41, 5.74) is -0.531. The number of aromatic nitrogens is 3. The Labute approximate surface area is 119 Å². The molecule has 0 spiro atoms. The molecule has 112 valence electrons. The van der Waals surface area contributed by atoms with Crippen molar-refractivity contribution < 1.29 is 9.53 Å². The Bertz CT molecular complexity index is 465. The first-order valence-corrected chi connectivity index (χ1v) is 6.84. The minimum absolute atomic E-state index is 0.0856. The lowest BCUT2D eigenvalue weighted by Crippen LogP contribution is -2.58. The van der Waals surface area contributed by atoms with Crippen molar-refractivity contribution in [2.45, 2.75) is 25.9 Å². The molecule has 2 rings (SSSR count). The molecule has 20 heavy (non-hydrogen) atoms. The average molecular weight is 281 g/mol. The van der Waals surface area contributed by atoms with Gasteiger partial charge in [-0.15, -0.1) is 10.2 Å². The van der Waals surface area contributed by atoms with Crippen molar-refractivity contribution in [1.82, 2.24) is 24.6 Å². The lowest BCUT2D eigenvalue weighted by Gasteiger charge is -2.41. The number of ether oxygens (including phenoxy) is 1. The van der Waals surface area contributed by atoms with Crippen LogP contribution < -0.4 is 0 Å². The number of likely N-dealkylation sites (N-methyl/N-ethyl adjacent to an activating group) is 1. The van der Waals surface area contributed by atoms with E-state index in [1.807, 2.05) is 25.5 Å². The van der Waals surface area contributed by atoms with Crippen LogP contribution in [-0.4, -0.2) is 69.4 Å². The van der Waals surface area contributed by atoms with E-state index in [1.54, 1.807) is 18.3 Å². The molecule has 0 radical (unpaired) electrons. The fourth-order valence-corrected chi connectivity index (χ4v) is 2.46. The molecule has 1 saturated heterocycles. The van der Waals surface area contributed by atoms with Gasteiger partial charge in [0, 0.05) is 27.2 Å². The Morgan fingerprint density at radius 3 is 2.65 bits per heavy atom. The maximum absolute atomic E-state index is 12.7. The first-order chi connectivity index (χ1) is 9.43. The summed E-state index contributed by atoms with van der Waals surface area (Å²) in [7, 11) is 3.68. The van der Waals surface area contributed by atoms with Crippen LogP contribution in [0.3, 0.4) is 0 Å². The minimum Gasteiger partial charge on any atom is -0.379 e. The fourth-order valence-electron chi connectivity index (χ4n) is 2.46. The van der Waals surface area contributed by atoms with Crippen molar-refractivity contribution in [3.8, 4) is 0 Å². The first-order valence-electron chi connectivity index (χ1n) is 6.84. The van der Waals surface area contributed by atoms with E-state index >= 15 is 0 Å². The molecule has 0 aliphatic carbocycles. The lowest BCUT2D eigenvalue weighted by atomic mass is 10.00. The lowest BCUT2D eigenvalue weighted by molar-refractivity contribution is -0.144. The Morgan fingerprint density at radius 2 is 2.10 bits per heavy atom. The number of hydrogen-bond donors (Lipinski definition) is 0. The number of morpholine rings is 1. The normalized spacial score (nSPS) is 17.2. The topological polar surface area (TPSA) is 63.5 Å². The van der Waals surface area contributed by atoms with Crippen molar-refractivity contribution in [3.63, 3.8) is 0 Å². The van der Waals surface area contributed by atoms with Crippen LogP contribution in [0.5, 0.6) is 0 Å². The summed E-state index contributed by atoms with van der Waals surface area (Å²) in [4.78, 5) is 16.6. The van der Waals surface area contributed by atoms with Crippen LogP contribution in [0.4, 0.5) is 0 Å². The molecule has 1 aliphatic rings. The fraction of sp³-hybridized carbons (Fsp3) is 0.769. The Morgan fingerprint density at radius 1 is 1.45 bits per heavy atom. The smallest absolute Gasteiger partial charge is 0.242 e. The van der Waals surface area contributed by atoms with Crippen molar-refractivity contribution in [2.75, 3.05) is 33.4 Å². The van der Waals surface area contributed by atoms with Gasteiger partial charge in [-0.2, -0.15) is 0 Å². The second-order valence-electron chi connectivity index (χ2n) is 5.68. The summed E-state index contributed by atoms with van der Waals surface area (Å²) in [5, 5.41) is 7.85. The van der Waals surface area contributed by atoms with Crippen molar-refractivity contribution in [1.29, 1.82) is 0 Å². The zero-order valence-corrected chi connectivity index (χ0v) is 12.7. The molecule has 1 aromatic heterocycles. The van der Waals surface area contributed by atoms with Crippen LogP contribution in [-0.2, 0) is 23.1 Å². The second-order valence-corrected chi connectivity index (χ2v) is 5.68. The number of amides is 1. The van der Waals surface area contributed by atoms with Crippen LogP contribution in [0.15, 0.2) is 6.33 Å². The average Bonchev–Trinajstić information content (AvgIpc) is 2.84. The zero-order valence-electron chi connectivity index (χ0n) is 12.7. The summed E-state index contributed by atoms with van der Waals surface area (Å²) in [6, 6.07) is 0. The molecule has 1 aliphatic heterocycles. The van der Waals surface area contributed by atoms with Gasteiger partial charge in [0.2, 0.25) is 5.91 Å². The van der Waals surface area contributed by atoms with E-state index in [2.05, 4.69) is 15.1 Å². The molecule has 0 N–H and O–H groups in total. The molecule has 7 nitrogen and oxygen atoms in total. The molecule has 1 aromatic rings. The molecule has 1 fully saturated rings. The molecule has 7 heteroatoms. The highest BCUT2D eigenvalue weighted by atomic mass is 16.5. The number of hydrogen-bond acceptors (Lipinski definition) is 5. The molecule has 2 heterocycles. The van der Waals surface area contributed by atoms with E-state index in [0.29, 0.717) is 19.8 Å². The van der Waals surface area contributed by atoms with Gasteiger partial charge in [0.25, 0.3) is 0 Å². The predicted octanol–water partition coefficient (Wildman–Crippen LogP) is -0.116. The van der Waals surface area contributed by atoms with Crippen LogP contribution in [0.25, 0.3) is 0 Å². The van der Waals surface area contributed by atoms with Crippen LogP contribution in [0.1, 0.15) is 19.7 Å². The molecule has 1 amide bonds. The third-order valence-corrected chi connectivity index (χ3v) is 3.86.